The molecule has 0 aromatic rings. The van der Waals surface area contributed by atoms with Crippen LogP contribution >= 0.6 is 10.8 Å². The van der Waals surface area contributed by atoms with E-state index in [0.717, 1.165) is 6.26 Å². The fourth-order valence-corrected chi connectivity index (χ4v) is 0.621. The Morgan fingerprint density at radius 1 is 1.71 bits per heavy atom. The lowest BCUT2D eigenvalue weighted by atomic mass is 10.8. The van der Waals surface area contributed by atoms with Gasteiger partial charge in [-0.2, -0.15) is 7.77 Å². The molecule has 0 spiro atoms. The molecular weight excluding hydrogens is 118 g/mol. The number of hydrogen-bond acceptors (Lipinski definition) is 0. The van der Waals surface area contributed by atoms with Gasteiger partial charge in [-0.15, -0.1) is 6.58 Å². The first kappa shape index (κ1) is 6.95. The van der Waals surface area contributed by atoms with Gasteiger partial charge >= 0.3 is 0 Å². The maximum atomic E-state index is 11.7. The van der Waals surface area contributed by atoms with Crippen molar-refractivity contribution in [3.8, 4) is 0 Å². The summed E-state index contributed by atoms with van der Waals surface area (Å²) in [5, 5.41) is 0. The Bertz CT molecular complexity index is 64.6. The number of hydrogen-bond donors (Lipinski definition) is 0. The molecule has 0 aromatic heterocycles. The zero-order chi connectivity index (χ0) is 5.91. The summed E-state index contributed by atoms with van der Waals surface area (Å²) >= 11 is 0. The zero-order valence-electron chi connectivity index (χ0n) is 4.16. The van der Waals surface area contributed by atoms with Crippen LogP contribution in [-0.2, 0) is 0 Å². The molecule has 7 heavy (non-hydrogen) atoms. The molecule has 0 saturated heterocycles. The zero-order valence-corrected chi connectivity index (χ0v) is 4.97. The van der Waals surface area contributed by atoms with E-state index in [1.165, 1.54) is 6.08 Å². The topological polar surface area (TPSA) is 0 Å². The van der Waals surface area contributed by atoms with Crippen LogP contribution in [0.15, 0.2) is 12.7 Å². The highest BCUT2D eigenvalue weighted by molar-refractivity contribution is 8.24. The van der Waals surface area contributed by atoms with Gasteiger partial charge in [0.05, 0.1) is 10.8 Å². The Labute approximate surface area is 44.1 Å². The van der Waals surface area contributed by atoms with Crippen LogP contribution in [0.3, 0.4) is 0 Å². The minimum atomic E-state index is -3.29. The molecule has 0 heterocycles. The summed E-state index contributed by atoms with van der Waals surface area (Å²) in [6, 6.07) is 0. The van der Waals surface area contributed by atoms with Crippen molar-refractivity contribution in [1.29, 1.82) is 0 Å². The molecule has 0 aliphatic carbocycles. The van der Waals surface area contributed by atoms with Gasteiger partial charge in [-0.3, -0.25) is 0 Å². The van der Waals surface area contributed by atoms with E-state index < -0.39 is 10.8 Å². The average molecular weight is 126 g/mol. The molecule has 0 amide bonds. The van der Waals surface area contributed by atoms with Crippen molar-refractivity contribution in [1.82, 2.24) is 0 Å². The number of rotatable bonds is 2. The predicted octanol–water partition coefficient (Wildman–Crippen LogP) is 2.38. The Balaban J connectivity index is 3.34. The fourth-order valence-electron chi connectivity index (χ4n) is 0.207. The smallest absolute Gasteiger partial charge is 0.0579 e. The molecule has 0 atom stereocenters. The van der Waals surface area contributed by atoms with E-state index >= 15 is 0 Å². The normalized spacial score (nSPS) is 13.6. The Hall–Kier alpha value is -0.0500. The monoisotopic (exact) mass is 126 g/mol. The summed E-state index contributed by atoms with van der Waals surface area (Å²) in [6.45, 7) is 3.19. The lowest BCUT2D eigenvalue weighted by Crippen LogP contribution is -1.82. The van der Waals surface area contributed by atoms with E-state index in [4.69, 9.17) is 0 Å². The molecule has 0 unspecified atom stereocenters. The van der Waals surface area contributed by atoms with Crippen molar-refractivity contribution in [2.75, 3.05) is 12.0 Å². The molecular formula is C4H8F2S. The van der Waals surface area contributed by atoms with Crippen molar-refractivity contribution >= 4 is 10.8 Å². The summed E-state index contributed by atoms with van der Waals surface area (Å²) in [4.78, 5) is 0. The fraction of sp³-hybridized carbons (Fsp3) is 0.500. The van der Waals surface area contributed by atoms with Gasteiger partial charge in [0.2, 0.25) is 0 Å². The largest absolute Gasteiger partial charge is 0.158 e. The predicted molar refractivity (Wildman–Crippen MR) is 30.8 cm³/mol. The van der Waals surface area contributed by atoms with Crippen LogP contribution in [0.25, 0.3) is 0 Å². The lowest BCUT2D eigenvalue weighted by molar-refractivity contribution is 0.759. The molecule has 44 valence electrons. The second-order valence-electron chi connectivity index (χ2n) is 1.33. The molecule has 3 heteroatoms. The van der Waals surface area contributed by atoms with Crippen molar-refractivity contribution in [2.45, 2.75) is 0 Å². The molecule has 0 aromatic carbocycles. The third-order valence-corrected chi connectivity index (χ3v) is 1.23. The summed E-state index contributed by atoms with van der Waals surface area (Å²) in [5.41, 5.74) is 0. The summed E-state index contributed by atoms with van der Waals surface area (Å²) in [5.74, 6) is -0.146. The van der Waals surface area contributed by atoms with Gasteiger partial charge in [0.15, 0.2) is 0 Å². The first-order chi connectivity index (χ1) is 3.06. The van der Waals surface area contributed by atoms with Crippen molar-refractivity contribution in [3.63, 3.8) is 0 Å². The Kier molecular flexibility index (Phi) is 2.29. The molecule has 0 aliphatic rings. The Morgan fingerprint density at radius 3 is 2.14 bits per heavy atom. The third kappa shape index (κ3) is 5.95. The maximum absolute atomic E-state index is 11.7. The quantitative estimate of drug-likeness (QED) is 0.498. The van der Waals surface area contributed by atoms with E-state index in [2.05, 4.69) is 6.58 Å². The molecule has 0 saturated carbocycles. The first-order valence-electron chi connectivity index (χ1n) is 1.82. The second-order valence-corrected chi connectivity index (χ2v) is 3.41. The minimum Gasteiger partial charge on any atom is -0.158 e. The van der Waals surface area contributed by atoms with Crippen LogP contribution in [0.2, 0.25) is 0 Å². The molecule has 0 N–H and O–H groups in total. The van der Waals surface area contributed by atoms with Gasteiger partial charge in [0.25, 0.3) is 0 Å². The second kappa shape index (κ2) is 2.31. The Morgan fingerprint density at radius 2 is 2.14 bits per heavy atom. The standard InChI is InChI=1S/C4H8F2S/c1-3-4-7(2,5)6/h3H,1,4H2,2H3. The van der Waals surface area contributed by atoms with Crippen LogP contribution in [-0.4, -0.2) is 12.0 Å². The summed E-state index contributed by atoms with van der Waals surface area (Å²) in [7, 11) is -3.29. The van der Waals surface area contributed by atoms with Crippen LogP contribution in [0.5, 0.6) is 0 Å². The van der Waals surface area contributed by atoms with E-state index in [1.54, 1.807) is 0 Å². The van der Waals surface area contributed by atoms with Gasteiger partial charge in [-0.25, -0.2) is 0 Å². The molecule has 0 fully saturated rings. The first-order valence-corrected chi connectivity index (χ1v) is 3.83. The highest BCUT2D eigenvalue weighted by atomic mass is 32.3. The molecule has 0 bridgehead atoms. The van der Waals surface area contributed by atoms with Gasteiger partial charge < -0.3 is 0 Å². The molecule has 0 aliphatic heterocycles. The average Bonchev–Trinajstić information content (AvgIpc) is 1.30. The maximum Gasteiger partial charge on any atom is 0.0579 e. The van der Waals surface area contributed by atoms with E-state index in [9.17, 15) is 7.77 Å². The van der Waals surface area contributed by atoms with Crippen LogP contribution in [0.1, 0.15) is 0 Å². The van der Waals surface area contributed by atoms with Gasteiger partial charge in [-0.1, -0.05) is 6.08 Å². The number of halogens is 2. The van der Waals surface area contributed by atoms with Crippen LogP contribution in [0, 0.1) is 0 Å². The summed E-state index contributed by atoms with van der Waals surface area (Å²) in [6.07, 6.45) is 2.20. The molecule has 0 rings (SSSR count). The van der Waals surface area contributed by atoms with Crippen molar-refractivity contribution < 1.29 is 7.77 Å². The SMILES string of the molecule is C=CCS(C)(F)F. The molecule has 0 nitrogen and oxygen atoms in total. The van der Waals surface area contributed by atoms with E-state index in [1.807, 2.05) is 0 Å². The minimum absolute atomic E-state index is 0.146. The van der Waals surface area contributed by atoms with E-state index in [-0.39, 0.29) is 5.75 Å². The highest BCUT2D eigenvalue weighted by Crippen LogP contribution is 2.46. The molecule has 0 radical (unpaired) electrons. The van der Waals surface area contributed by atoms with Crippen molar-refractivity contribution in [2.24, 2.45) is 0 Å². The van der Waals surface area contributed by atoms with Gasteiger partial charge in [-0.05, 0) is 0 Å². The van der Waals surface area contributed by atoms with Gasteiger partial charge in [0, 0.05) is 12.0 Å². The van der Waals surface area contributed by atoms with Crippen molar-refractivity contribution in [3.05, 3.63) is 12.7 Å². The van der Waals surface area contributed by atoms with Gasteiger partial charge in [0.1, 0.15) is 0 Å². The van der Waals surface area contributed by atoms with E-state index in [0.29, 0.717) is 0 Å². The highest BCUT2D eigenvalue weighted by Gasteiger charge is 2.09. The lowest BCUT2D eigenvalue weighted by Gasteiger charge is -2.09. The van der Waals surface area contributed by atoms with Crippen LogP contribution in [0.4, 0.5) is 7.77 Å². The van der Waals surface area contributed by atoms with Crippen LogP contribution < -0.4 is 0 Å². The summed E-state index contributed by atoms with van der Waals surface area (Å²) < 4.78 is 23.5. The third-order valence-electron chi connectivity index (χ3n) is 0.411.